The van der Waals surface area contributed by atoms with Gasteiger partial charge in [-0.25, -0.2) is 4.79 Å². The standard InChI is InChI=1S/C27H19Cl2F3O5/c1-26(2,3)14-4-7-16(8-5-14)35-23-22(33)19-11-9-17(13-21(19)37-24(23)27(30,31)32)36-25(34)18-10-6-15(28)12-20(18)29/h4-13H,1-3H3. The first-order valence-electron chi connectivity index (χ1n) is 10.9. The molecule has 0 amide bonds. The molecule has 4 rings (SSSR count). The second kappa shape index (κ2) is 9.76. The van der Waals surface area contributed by atoms with Crippen molar-refractivity contribution in [2.45, 2.75) is 32.4 Å². The molecule has 0 aliphatic carbocycles. The van der Waals surface area contributed by atoms with Gasteiger partial charge in [-0.15, -0.1) is 0 Å². The molecule has 0 saturated carbocycles. The topological polar surface area (TPSA) is 65.7 Å². The van der Waals surface area contributed by atoms with Crippen molar-refractivity contribution < 1.29 is 31.9 Å². The molecule has 0 spiro atoms. The normalized spacial score (nSPS) is 12.0. The SMILES string of the molecule is CC(C)(C)c1ccc(Oc2c(C(F)(F)F)oc3cc(OC(=O)c4ccc(Cl)cc4Cl)ccc3c2=O)cc1. The fraction of sp³-hybridized carbons (Fsp3) is 0.185. The van der Waals surface area contributed by atoms with Crippen LogP contribution < -0.4 is 14.9 Å². The van der Waals surface area contributed by atoms with Gasteiger partial charge in [0.1, 0.15) is 17.1 Å². The fourth-order valence-corrected chi connectivity index (χ4v) is 3.94. The minimum Gasteiger partial charge on any atom is -0.449 e. The number of hydrogen-bond acceptors (Lipinski definition) is 5. The molecule has 0 N–H and O–H groups in total. The van der Waals surface area contributed by atoms with Gasteiger partial charge in [0, 0.05) is 11.1 Å². The maximum atomic E-state index is 13.9. The highest BCUT2D eigenvalue weighted by molar-refractivity contribution is 6.36. The molecule has 0 aliphatic heterocycles. The molecule has 0 atom stereocenters. The van der Waals surface area contributed by atoms with Crippen LogP contribution in [0.3, 0.4) is 0 Å². The molecule has 0 bridgehead atoms. The maximum Gasteiger partial charge on any atom is 0.453 e. The molecule has 37 heavy (non-hydrogen) atoms. The number of alkyl halides is 3. The van der Waals surface area contributed by atoms with Crippen molar-refractivity contribution in [1.82, 2.24) is 0 Å². The molecule has 0 radical (unpaired) electrons. The molecule has 0 aliphatic rings. The molecule has 192 valence electrons. The van der Waals surface area contributed by atoms with Crippen LogP contribution in [0.15, 0.2) is 69.9 Å². The van der Waals surface area contributed by atoms with Gasteiger partial charge in [0.25, 0.3) is 5.76 Å². The lowest BCUT2D eigenvalue weighted by atomic mass is 9.87. The lowest BCUT2D eigenvalue weighted by Crippen LogP contribution is -2.16. The number of rotatable bonds is 4. The van der Waals surface area contributed by atoms with Crippen molar-refractivity contribution in [2.24, 2.45) is 0 Å². The van der Waals surface area contributed by atoms with Crippen molar-refractivity contribution in [3.63, 3.8) is 0 Å². The zero-order valence-corrected chi connectivity index (χ0v) is 21.2. The maximum absolute atomic E-state index is 13.9. The Morgan fingerprint density at radius 1 is 0.892 bits per heavy atom. The van der Waals surface area contributed by atoms with Crippen LogP contribution in [0.25, 0.3) is 11.0 Å². The van der Waals surface area contributed by atoms with E-state index in [0.717, 1.165) is 11.6 Å². The zero-order chi connectivity index (χ0) is 27.1. The van der Waals surface area contributed by atoms with Gasteiger partial charge in [0.15, 0.2) is 0 Å². The van der Waals surface area contributed by atoms with Gasteiger partial charge in [-0.1, -0.05) is 56.1 Å². The summed E-state index contributed by atoms with van der Waals surface area (Å²) in [6.45, 7) is 5.95. The zero-order valence-electron chi connectivity index (χ0n) is 19.7. The summed E-state index contributed by atoms with van der Waals surface area (Å²) in [7, 11) is 0. The molecule has 3 aromatic carbocycles. The Morgan fingerprint density at radius 3 is 2.14 bits per heavy atom. The number of esters is 1. The summed E-state index contributed by atoms with van der Waals surface area (Å²) in [6, 6.07) is 13.9. The molecule has 0 saturated heterocycles. The van der Waals surface area contributed by atoms with E-state index in [0.29, 0.717) is 5.02 Å². The second-order valence-electron chi connectivity index (χ2n) is 9.14. The molecule has 5 nitrogen and oxygen atoms in total. The molecular weight excluding hydrogens is 532 g/mol. The highest BCUT2D eigenvalue weighted by Crippen LogP contribution is 2.39. The number of hydrogen-bond donors (Lipinski definition) is 0. The van der Waals surface area contributed by atoms with Crippen LogP contribution in [-0.4, -0.2) is 5.97 Å². The lowest BCUT2D eigenvalue weighted by molar-refractivity contribution is -0.154. The molecule has 10 heteroatoms. The number of benzene rings is 3. The first-order chi connectivity index (χ1) is 17.2. The van der Waals surface area contributed by atoms with Crippen LogP contribution in [0.1, 0.15) is 42.5 Å². The number of fused-ring (bicyclic) bond motifs is 1. The van der Waals surface area contributed by atoms with Gasteiger partial charge in [-0.3, -0.25) is 4.79 Å². The predicted octanol–water partition coefficient (Wildman–Crippen LogP) is 8.43. The molecule has 0 fully saturated rings. The largest absolute Gasteiger partial charge is 0.453 e. The lowest BCUT2D eigenvalue weighted by Gasteiger charge is -2.19. The highest BCUT2D eigenvalue weighted by Gasteiger charge is 2.40. The van der Waals surface area contributed by atoms with Crippen LogP contribution in [0.2, 0.25) is 10.0 Å². The summed E-state index contributed by atoms with van der Waals surface area (Å²) in [5, 5.41) is 0.136. The van der Waals surface area contributed by atoms with Gasteiger partial charge >= 0.3 is 12.1 Å². The summed E-state index contributed by atoms with van der Waals surface area (Å²) in [4.78, 5) is 25.5. The average molecular weight is 551 g/mol. The first kappa shape index (κ1) is 26.6. The van der Waals surface area contributed by atoms with Gasteiger partial charge in [-0.2, -0.15) is 13.2 Å². The van der Waals surface area contributed by atoms with Crippen molar-refractivity contribution in [2.75, 3.05) is 0 Å². The Morgan fingerprint density at radius 2 is 1.54 bits per heavy atom. The number of carbonyl (C=O) groups excluding carboxylic acids is 1. The molecule has 1 heterocycles. The number of carbonyl (C=O) groups is 1. The predicted molar refractivity (Wildman–Crippen MR) is 134 cm³/mol. The van der Waals surface area contributed by atoms with Gasteiger partial charge in [-0.05, 0) is 53.4 Å². The van der Waals surface area contributed by atoms with Crippen LogP contribution >= 0.6 is 23.2 Å². The Bertz CT molecular complexity index is 1550. The minimum atomic E-state index is -5.04. The third kappa shape index (κ3) is 5.76. The van der Waals surface area contributed by atoms with E-state index >= 15 is 0 Å². The summed E-state index contributed by atoms with van der Waals surface area (Å²) in [6.07, 6.45) is -5.04. The Hall–Kier alpha value is -3.49. The van der Waals surface area contributed by atoms with Crippen LogP contribution in [0.4, 0.5) is 13.2 Å². The van der Waals surface area contributed by atoms with Gasteiger partial charge < -0.3 is 13.9 Å². The molecule has 4 aromatic rings. The van der Waals surface area contributed by atoms with Crippen molar-refractivity contribution in [3.8, 4) is 17.2 Å². The van der Waals surface area contributed by atoms with E-state index in [4.69, 9.17) is 37.1 Å². The third-order valence-electron chi connectivity index (χ3n) is 5.38. The van der Waals surface area contributed by atoms with Crippen LogP contribution in [0.5, 0.6) is 17.2 Å². The van der Waals surface area contributed by atoms with Gasteiger partial charge in [0.2, 0.25) is 11.2 Å². The van der Waals surface area contributed by atoms with E-state index in [1.165, 1.54) is 42.5 Å². The third-order valence-corrected chi connectivity index (χ3v) is 5.93. The molecule has 1 aromatic heterocycles. The van der Waals surface area contributed by atoms with Crippen molar-refractivity contribution in [1.29, 1.82) is 0 Å². The van der Waals surface area contributed by atoms with E-state index < -0.39 is 34.7 Å². The van der Waals surface area contributed by atoms with E-state index in [1.807, 2.05) is 20.8 Å². The van der Waals surface area contributed by atoms with E-state index in [2.05, 4.69) is 0 Å². The summed E-state index contributed by atoms with van der Waals surface area (Å²) >= 11 is 11.8. The molecule has 0 unspecified atom stereocenters. The summed E-state index contributed by atoms with van der Waals surface area (Å²) in [5.74, 6) is -3.62. The van der Waals surface area contributed by atoms with Crippen LogP contribution in [-0.2, 0) is 11.6 Å². The summed E-state index contributed by atoms with van der Waals surface area (Å²) in [5.41, 5.74) is -0.738. The van der Waals surface area contributed by atoms with E-state index in [9.17, 15) is 22.8 Å². The second-order valence-corrected chi connectivity index (χ2v) is 9.98. The smallest absolute Gasteiger partial charge is 0.449 e. The van der Waals surface area contributed by atoms with Crippen molar-refractivity contribution >= 4 is 40.1 Å². The first-order valence-corrected chi connectivity index (χ1v) is 11.6. The number of halogens is 5. The summed E-state index contributed by atoms with van der Waals surface area (Å²) < 4.78 is 57.3. The fourth-order valence-electron chi connectivity index (χ4n) is 3.46. The van der Waals surface area contributed by atoms with Crippen LogP contribution in [0, 0.1) is 0 Å². The average Bonchev–Trinajstić information content (AvgIpc) is 2.79. The van der Waals surface area contributed by atoms with Gasteiger partial charge in [0.05, 0.1) is 16.0 Å². The quantitative estimate of drug-likeness (QED) is 0.188. The van der Waals surface area contributed by atoms with Crippen molar-refractivity contribution in [3.05, 3.63) is 97.8 Å². The Kier molecular flexibility index (Phi) is 7.01. The molecular formula is C27H19Cl2F3O5. The number of ether oxygens (including phenoxy) is 2. The Labute approximate surface area is 219 Å². The highest BCUT2D eigenvalue weighted by atomic mass is 35.5. The van der Waals surface area contributed by atoms with E-state index in [-0.39, 0.29) is 32.9 Å². The monoisotopic (exact) mass is 550 g/mol. The van der Waals surface area contributed by atoms with E-state index in [1.54, 1.807) is 12.1 Å². The minimum absolute atomic E-state index is 0.00942. The Balaban J connectivity index is 1.72.